The summed E-state index contributed by atoms with van der Waals surface area (Å²) in [5, 5.41) is 13.7. The predicted molar refractivity (Wildman–Crippen MR) is 324 cm³/mol. The van der Waals surface area contributed by atoms with Gasteiger partial charge in [0.1, 0.15) is 29.6 Å². The van der Waals surface area contributed by atoms with Crippen LogP contribution in [0.4, 0.5) is 16.5 Å². The number of hydrogen-bond acceptors (Lipinski definition) is 17. The third-order valence-electron chi connectivity index (χ3n) is 14.6. The zero-order chi connectivity index (χ0) is 58.4. The first-order chi connectivity index (χ1) is 40.5. The van der Waals surface area contributed by atoms with Crippen LogP contribution in [0.25, 0.3) is 10.2 Å². The molecule has 1 aromatic heterocycles. The predicted octanol–water partition coefficient (Wildman–Crippen LogP) is 12.9. The monoisotopic (exact) mass is 1150 g/mol. The number of para-hydroxylation sites is 1. The van der Waals surface area contributed by atoms with Crippen molar-refractivity contribution in [2.75, 3.05) is 68.4 Å². The summed E-state index contributed by atoms with van der Waals surface area (Å²) < 4.78 is 41.2. The van der Waals surface area contributed by atoms with Gasteiger partial charge in [0, 0.05) is 47.6 Å². The Morgan fingerprint density at radius 1 is 0.590 bits per heavy atom. The van der Waals surface area contributed by atoms with E-state index in [0.29, 0.717) is 73.8 Å². The molecule has 0 atom stereocenters. The summed E-state index contributed by atoms with van der Waals surface area (Å²) in [5.41, 5.74) is 3.20. The van der Waals surface area contributed by atoms with E-state index in [9.17, 15) is 24.0 Å². The molecule has 4 aromatic carbocycles. The Hall–Kier alpha value is -7.99. The molecule has 18 heteroatoms. The molecule has 1 heterocycles. The second-order valence-electron chi connectivity index (χ2n) is 20.8. The van der Waals surface area contributed by atoms with Crippen molar-refractivity contribution < 1.29 is 57.1 Å². The zero-order valence-electron chi connectivity index (χ0n) is 47.5. The molecule has 2 aliphatic rings. The molecule has 0 aliphatic heterocycles. The van der Waals surface area contributed by atoms with Crippen LogP contribution in [0.2, 0.25) is 0 Å². The third-order valence-corrected chi connectivity index (χ3v) is 15.7. The SMILES string of the molecule is C=CC(=O)OCCCCCCNc1ccc(OC(=O)C2CCC(COc3ccc(OCC4CCC(C(=O)Nc5ccc(OCCCCCCOC(=O)C=C)cc5)CC4)c(/C=N/N(CCOC(=O)C=C)c4nc5ccccc5s4)c3)CC2)cc1. The van der Waals surface area contributed by atoms with Gasteiger partial charge < -0.3 is 43.8 Å². The molecule has 0 radical (unpaired) electrons. The van der Waals surface area contributed by atoms with E-state index in [-0.39, 0.29) is 54.7 Å². The van der Waals surface area contributed by atoms with Crippen molar-refractivity contribution in [3.8, 4) is 23.0 Å². The molecule has 5 aromatic rings. The zero-order valence-corrected chi connectivity index (χ0v) is 48.3. The lowest BCUT2D eigenvalue weighted by Gasteiger charge is -2.28. The van der Waals surface area contributed by atoms with Gasteiger partial charge in [-0.25, -0.2) is 24.4 Å². The molecule has 2 saturated carbocycles. The van der Waals surface area contributed by atoms with Crippen molar-refractivity contribution in [1.29, 1.82) is 0 Å². The highest BCUT2D eigenvalue weighted by molar-refractivity contribution is 7.22. The van der Waals surface area contributed by atoms with Gasteiger partial charge in [0.15, 0.2) is 0 Å². The van der Waals surface area contributed by atoms with Crippen molar-refractivity contribution in [3.63, 3.8) is 0 Å². The number of esters is 4. The van der Waals surface area contributed by atoms with E-state index >= 15 is 0 Å². The molecule has 83 heavy (non-hydrogen) atoms. The Morgan fingerprint density at radius 3 is 1.81 bits per heavy atom. The average Bonchev–Trinajstić information content (AvgIpc) is 4.03. The molecule has 442 valence electrons. The van der Waals surface area contributed by atoms with Gasteiger partial charge in [0.25, 0.3) is 0 Å². The minimum Gasteiger partial charge on any atom is -0.494 e. The highest BCUT2D eigenvalue weighted by Gasteiger charge is 2.29. The first-order valence-corrected chi connectivity index (χ1v) is 29.9. The second kappa shape index (κ2) is 34.5. The normalized spacial score (nSPS) is 16.7. The number of nitrogens with zero attached hydrogens (tertiary/aromatic N) is 3. The van der Waals surface area contributed by atoms with Crippen molar-refractivity contribution in [2.45, 2.75) is 103 Å². The van der Waals surface area contributed by atoms with Crippen LogP contribution in [0, 0.1) is 23.7 Å². The number of hydrazone groups is 1. The number of anilines is 3. The summed E-state index contributed by atoms with van der Waals surface area (Å²) in [7, 11) is 0. The molecule has 7 rings (SSSR count). The molecular weight excluding hydrogens is 1070 g/mol. The van der Waals surface area contributed by atoms with Gasteiger partial charge in [-0.3, -0.25) is 9.59 Å². The van der Waals surface area contributed by atoms with Crippen LogP contribution < -0.4 is 34.6 Å². The Balaban J connectivity index is 0.889. The maximum Gasteiger partial charge on any atom is 0.330 e. The van der Waals surface area contributed by atoms with Crippen LogP contribution in [0.3, 0.4) is 0 Å². The van der Waals surface area contributed by atoms with E-state index in [1.807, 2.05) is 91.0 Å². The molecule has 1 amide bonds. The molecule has 17 nitrogen and oxygen atoms in total. The van der Waals surface area contributed by atoms with Gasteiger partial charge in [0.2, 0.25) is 11.0 Å². The van der Waals surface area contributed by atoms with Gasteiger partial charge in [-0.1, -0.05) is 49.6 Å². The van der Waals surface area contributed by atoms with Gasteiger partial charge in [-0.05, 0) is 187 Å². The third kappa shape index (κ3) is 21.7. The second-order valence-corrected chi connectivity index (χ2v) is 21.8. The van der Waals surface area contributed by atoms with Gasteiger partial charge in [-0.15, -0.1) is 0 Å². The number of hydrogen-bond donors (Lipinski definition) is 2. The van der Waals surface area contributed by atoms with E-state index in [1.54, 1.807) is 11.2 Å². The first kappa shape index (κ1) is 62.6. The summed E-state index contributed by atoms with van der Waals surface area (Å²) in [6, 6.07) is 28.5. The van der Waals surface area contributed by atoms with Crippen molar-refractivity contribution in [2.24, 2.45) is 28.8 Å². The fraction of sp³-hybridized carbons (Fsp3) is 0.431. The number of thiazole rings is 1. The van der Waals surface area contributed by atoms with Gasteiger partial charge >= 0.3 is 23.9 Å². The lowest BCUT2D eigenvalue weighted by Crippen LogP contribution is -2.29. The number of nitrogens with one attached hydrogen (secondary N) is 2. The molecule has 0 bridgehead atoms. The lowest BCUT2D eigenvalue weighted by atomic mass is 9.82. The number of unbranched alkanes of at least 4 members (excludes halogenated alkanes) is 6. The summed E-state index contributed by atoms with van der Waals surface area (Å²) in [4.78, 5) is 65.9. The van der Waals surface area contributed by atoms with Crippen molar-refractivity contribution >= 4 is 74.1 Å². The Kier molecular flexibility index (Phi) is 26.0. The van der Waals surface area contributed by atoms with Crippen molar-refractivity contribution in [1.82, 2.24) is 4.98 Å². The number of aromatic nitrogens is 1. The van der Waals surface area contributed by atoms with E-state index in [1.165, 1.54) is 23.5 Å². The molecule has 2 N–H and O–H groups in total. The Bertz CT molecular complexity index is 2880. The fourth-order valence-electron chi connectivity index (χ4n) is 9.77. The summed E-state index contributed by atoms with van der Waals surface area (Å²) in [6.07, 6.45) is 18.8. The van der Waals surface area contributed by atoms with E-state index in [0.717, 1.165) is 130 Å². The van der Waals surface area contributed by atoms with Crippen molar-refractivity contribution in [3.05, 3.63) is 135 Å². The summed E-state index contributed by atoms with van der Waals surface area (Å²) in [6.45, 7) is 13.7. The number of benzene rings is 4. The van der Waals surface area contributed by atoms with Gasteiger partial charge in [0.05, 0.1) is 61.9 Å². The first-order valence-electron chi connectivity index (χ1n) is 29.1. The number of rotatable bonds is 35. The van der Waals surface area contributed by atoms with Gasteiger partial charge in [-0.2, -0.15) is 5.10 Å². The summed E-state index contributed by atoms with van der Waals surface area (Å²) >= 11 is 1.48. The standard InChI is InChI=1S/C65H79N5O12S/c1-4-60(71)77-40-15-8-7-13-37-66-52-27-33-55(34-28-52)82-64(75)50-25-21-47(22-26-50)45-80-56-35-36-58(51(43-56)44-67-70(38-42-79-62(73)6-3)65-69-57-17-11-12-18-59(57)83-65)81-46-48-19-23-49(24-20-48)63(74)68-53-29-31-54(32-30-53)76-39-14-9-10-16-41-78-61(72)5-2/h4-6,11-12,17-18,27-36,43-44,47-50,66H,1-3,7-10,13-16,19-26,37-42,45-46H2,(H,68,74)/b67-44+. The number of fused-ring (bicyclic) bond motifs is 1. The number of carbonyl (C=O) groups is 5. The average molecular weight is 1150 g/mol. The Labute approximate surface area is 491 Å². The van der Waals surface area contributed by atoms with Crippen LogP contribution in [-0.2, 0) is 38.2 Å². The number of ether oxygens (including phenoxy) is 7. The fourth-order valence-corrected chi connectivity index (χ4v) is 10.7. The highest BCUT2D eigenvalue weighted by atomic mass is 32.1. The number of amides is 1. The van der Waals surface area contributed by atoms with Crippen LogP contribution >= 0.6 is 11.3 Å². The molecule has 2 fully saturated rings. The maximum absolute atomic E-state index is 13.4. The van der Waals surface area contributed by atoms with Crippen LogP contribution in [-0.4, -0.2) is 93.7 Å². The maximum atomic E-state index is 13.4. The molecule has 0 spiro atoms. The minimum absolute atomic E-state index is 0.00748. The smallest absolute Gasteiger partial charge is 0.330 e. The lowest BCUT2D eigenvalue weighted by molar-refractivity contribution is -0.140. The quantitative estimate of drug-likeness (QED) is 0.00737. The summed E-state index contributed by atoms with van der Waals surface area (Å²) in [5.74, 6) is 1.20. The van der Waals surface area contributed by atoms with E-state index in [4.69, 9.17) is 43.2 Å². The largest absolute Gasteiger partial charge is 0.494 e. The molecule has 2 aliphatic carbocycles. The molecular formula is C65H79N5O12S. The van der Waals surface area contributed by atoms with Crippen LogP contribution in [0.5, 0.6) is 23.0 Å². The van der Waals surface area contributed by atoms with E-state index < -0.39 is 11.9 Å². The molecule has 0 unspecified atom stereocenters. The topological polar surface area (TPSA) is 203 Å². The number of carbonyl (C=O) groups excluding carboxylic acids is 5. The van der Waals surface area contributed by atoms with Crippen LogP contribution in [0.1, 0.15) is 108 Å². The molecule has 0 saturated heterocycles. The highest BCUT2D eigenvalue weighted by Crippen LogP contribution is 2.35. The van der Waals surface area contributed by atoms with E-state index in [2.05, 4.69) is 30.4 Å². The Morgan fingerprint density at radius 2 is 1.16 bits per heavy atom. The minimum atomic E-state index is -0.528. The van der Waals surface area contributed by atoms with Crippen LogP contribution in [0.15, 0.2) is 134 Å².